The lowest BCUT2D eigenvalue weighted by molar-refractivity contribution is -0.137. The second-order valence-electron chi connectivity index (χ2n) is 2.94. The summed E-state index contributed by atoms with van der Waals surface area (Å²) in [5.41, 5.74) is -0.669. The van der Waals surface area contributed by atoms with Crippen LogP contribution in [0.3, 0.4) is 0 Å². The molecule has 0 saturated carbocycles. The second-order valence-corrected chi connectivity index (χ2v) is 2.94. The summed E-state index contributed by atoms with van der Waals surface area (Å²) in [5, 5.41) is 8.70. The standard InChI is InChI=1S/C11H7F3N2/c1-2-6-16(8-15)10-5-3-4-9(7-10)11(12,13)14/h1,3-5,7H,6H2. The molecule has 0 saturated heterocycles. The lowest BCUT2D eigenvalue weighted by atomic mass is 10.2. The van der Waals surface area contributed by atoms with E-state index >= 15 is 0 Å². The van der Waals surface area contributed by atoms with Gasteiger partial charge < -0.3 is 0 Å². The zero-order valence-corrected chi connectivity index (χ0v) is 8.12. The van der Waals surface area contributed by atoms with Gasteiger partial charge in [0.15, 0.2) is 6.19 Å². The van der Waals surface area contributed by atoms with E-state index in [1.165, 1.54) is 12.1 Å². The van der Waals surface area contributed by atoms with E-state index in [4.69, 9.17) is 11.7 Å². The number of terminal acetylenes is 1. The average molecular weight is 224 g/mol. The molecule has 5 heteroatoms. The normalized spacial score (nSPS) is 10.3. The number of nitriles is 1. The molecule has 0 spiro atoms. The van der Waals surface area contributed by atoms with Crippen LogP contribution in [0, 0.1) is 23.8 Å². The van der Waals surface area contributed by atoms with Gasteiger partial charge in [0.2, 0.25) is 0 Å². The molecule has 0 atom stereocenters. The molecule has 1 aromatic rings. The molecule has 82 valence electrons. The highest BCUT2D eigenvalue weighted by atomic mass is 19.4. The van der Waals surface area contributed by atoms with Gasteiger partial charge in [-0.25, -0.2) is 0 Å². The molecule has 0 N–H and O–H groups in total. The molecular weight excluding hydrogens is 217 g/mol. The number of alkyl halides is 3. The Bertz CT molecular complexity index is 452. The maximum atomic E-state index is 12.4. The monoisotopic (exact) mass is 224 g/mol. The molecule has 0 heterocycles. The van der Waals surface area contributed by atoms with Crippen molar-refractivity contribution in [3.05, 3.63) is 29.8 Å². The number of rotatable bonds is 2. The van der Waals surface area contributed by atoms with E-state index in [0.717, 1.165) is 17.0 Å². The maximum Gasteiger partial charge on any atom is 0.416 e. The lowest BCUT2D eigenvalue weighted by Gasteiger charge is -2.14. The van der Waals surface area contributed by atoms with Gasteiger partial charge in [0.25, 0.3) is 0 Å². The van der Waals surface area contributed by atoms with Crippen molar-refractivity contribution in [1.29, 1.82) is 5.26 Å². The highest BCUT2D eigenvalue weighted by molar-refractivity contribution is 5.53. The number of nitrogens with zero attached hydrogens (tertiary/aromatic N) is 2. The van der Waals surface area contributed by atoms with Gasteiger partial charge in [-0.3, -0.25) is 4.90 Å². The SMILES string of the molecule is C#CCN(C#N)c1cccc(C(F)(F)F)c1. The van der Waals surface area contributed by atoms with Gasteiger partial charge in [-0.05, 0) is 18.2 Å². The Balaban J connectivity index is 3.09. The molecule has 0 radical (unpaired) electrons. The smallest absolute Gasteiger partial charge is 0.267 e. The molecule has 0 aliphatic heterocycles. The summed E-state index contributed by atoms with van der Waals surface area (Å²) in [6, 6.07) is 4.46. The predicted octanol–water partition coefficient (Wildman–Crippen LogP) is 2.63. The molecule has 0 fully saturated rings. The van der Waals surface area contributed by atoms with Crippen LogP contribution in [-0.4, -0.2) is 6.54 Å². The molecule has 0 amide bonds. The highest BCUT2D eigenvalue weighted by Crippen LogP contribution is 2.31. The molecule has 0 unspecified atom stereocenters. The van der Waals surface area contributed by atoms with Gasteiger partial charge in [0.05, 0.1) is 17.8 Å². The zero-order valence-electron chi connectivity index (χ0n) is 8.12. The van der Waals surface area contributed by atoms with Crippen LogP contribution >= 0.6 is 0 Å². The summed E-state index contributed by atoms with van der Waals surface area (Å²) < 4.78 is 37.1. The van der Waals surface area contributed by atoms with Gasteiger partial charge in [-0.2, -0.15) is 18.4 Å². The van der Waals surface area contributed by atoms with E-state index in [2.05, 4.69) is 5.92 Å². The van der Waals surface area contributed by atoms with E-state index in [-0.39, 0.29) is 12.2 Å². The van der Waals surface area contributed by atoms with E-state index in [0.29, 0.717) is 0 Å². The fourth-order valence-electron chi connectivity index (χ4n) is 1.13. The summed E-state index contributed by atoms with van der Waals surface area (Å²) in [6.07, 6.45) is 2.30. The molecule has 0 aromatic heterocycles. The van der Waals surface area contributed by atoms with Crippen LogP contribution in [0.15, 0.2) is 24.3 Å². The first-order chi connectivity index (χ1) is 7.49. The van der Waals surface area contributed by atoms with Crippen molar-refractivity contribution in [2.45, 2.75) is 6.18 Å². The topological polar surface area (TPSA) is 27.0 Å². The molecule has 16 heavy (non-hydrogen) atoms. The van der Waals surface area contributed by atoms with E-state index in [9.17, 15) is 13.2 Å². The Morgan fingerprint density at radius 2 is 2.06 bits per heavy atom. The van der Waals surface area contributed by atoms with Gasteiger partial charge >= 0.3 is 6.18 Å². The zero-order chi connectivity index (χ0) is 12.2. The fraction of sp³-hybridized carbons (Fsp3) is 0.182. The highest BCUT2D eigenvalue weighted by Gasteiger charge is 2.30. The lowest BCUT2D eigenvalue weighted by Crippen LogP contribution is -2.17. The molecule has 0 aliphatic carbocycles. The molecule has 1 aromatic carbocycles. The first kappa shape index (κ1) is 11.9. The van der Waals surface area contributed by atoms with Crippen LogP contribution < -0.4 is 4.90 Å². The molecule has 0 bridgehead atoms. The van der Waals surface area contributed by atoms with E-state index in [1.807, 2.05) is 0 Å². The number of hydrogen-bond acceptors (Lipinski definition) is 2. The maximum absolute atomic E-state index is 12.4. The minimum Gasteiger partial charge on any atom is -0.267 e. The first-order valence-corrected chi connectivity index (χ1v) is 4.27. The van der Waals surface area contributed by atoms with Gasteiger partial charge in [-0.15, -0.1) is 6.42 Å². The summed E-state index contributed by atoms with van der Waals surface area (Å²) >= 11 is 0. The number of benzene rings is 1. The minimum atomic E-state index is -4.42. The Morgan fingerprint density at radius 1 is 1.38 bits per heavy atom. The van der Waals surface area contributed by atoms with Crippen molar-refractivity contribution in [2.24, 2.45) is 0 Å². The van der Waals surface area contributed by atoms with Crippen LogP contribution in [0.4, 0.5) is 18.9 Å². The second kappa shape index (κ2) is 4.59. The molecule has 1 rings (SSSR count). The quantitative estimate of drug-likeness (QED) is 0.438. The van der Waals surface area contributed by atoms with Crippen LogP contribution in [0.5, 0.6) is 0 Å². The van der Waals surface area contributed by atoms with Crippen molar-refractivity contribution >= 4 is 5.69 Å². The number of anilines is 1. The molecule has 0 aliphatic rings. The number of hydrogen-bond donors (Lipinski definition) is 0. The largest absolute Gasteiger partial charge is 0.416 e. The molecule has 2 nitrogen and oxygen atoms in total. The average Bonchev–Trinajstić information content (AvgIpc) is 2.25. The third kappa shape index (κ3) is 2.68. The Morgan fingerprint density at radius 3 is 2.56 bits per heavy atom. The van der Waals surface area contributed by atoms with Crippen molar-refractivity contribution in [1.82, 2.24) is 0 Å². The third-order valence-corrected chi connectivity index (χ3v) is 1.86. The van der Waals surface area contributed by atoms with E-state index in [1.54, 1.807) is 6.19 Å². The predicted molar refractivity (Wildman–Crippen MR) is 53.2 cm³/mol. The van der Waals surface area contributed by atoms with Crippen LogP contribution in [0.2, 0.25) is 0 Å². The summed E-state index contributed by atoms with van der Waals surface area (Å²) in [5.74, 6) is 2.20. The van der Waals surface area contributed by atoms with Crippen LogP contribution in [0.1, 0.15) is 5.56 Å². The van der Waals surface area contributed by atoms with Gasteiger partial charge in [-0.1, -0.05) is 12.0 Å². The van der Waals surface area contributed by atoms with Crippen LogP contribution in [-0.2, 0) is 6.18 Å². The van der Waals surface area contributed by atoms with Gasteiger partial charge in [0.1, 0.15) is 0 Å². The Kier molecular flexibility index (Phi) is 3.42. The van der Waals surface area contributed by atoms with E-state index < -0.39 is 11.7 Å². The fourth-order valence-corrected chi connectivity index (χ4v) is 1.13. The minimum absolute atomic E-state index is 0.0577. The van der Waals surface area contributed by atoms with Crippen LogP contribution in [0.25, 0.3) is 0 Å². The Hall–Kier alpha value is -2.14. The van der Waals surface area contributed by atoms with Crippen molar-refractivity contribution in [3.8, 4) is 18.5 Å². The van der Waals surface area contributed by atoms with Gasteiger partial charge in [0, 0.05) is 0 Å². The van der Waals surface area contributed by atoms with Crippen molar-refractivity contribution in [2.75, 3.05) is 11.4 Å². The van der Waals surface area contributed by atoms with Crippen molar-refractivity contribution in [3.63, 3.8) is 0 Å². The summed E-state index contributed by atoms with van der Waals surface area (Å²) in [6.45, 7) is -0.0577. The number of halogens is 3. The Labute approximate surface area is 90.9 Å². The third-order valence-electron chi connectivity index (χ3n) is 1.86. The molecular formula is C11H7F3N2. The summed E-state index contributed by atoms with van der Waals surface area (Å²) in [4.78, 5) is 1.01. The first-order valence-electron chi connectivity index (χ1n) is 4.27. The van der Waals surface area contributed by atoms with Crippen molar-refractivity contribution < 1.29 is 13.2 Å². The summed E-state index contributed by atoms with van der Waals surface area (Å²) in [7, 11) is 0.